The lowest BCUT2D eigenvalue weighted by atomic mass is 9.69. The fraction of sp³-hybridized carbons (Fsp3) is 0.765. The molecule has 1 aromatic heterocycles. The maximum Gasteiger partial charge on any atom is 0.376 e. The Kier molecular flexibility index (Phi) is 4.18. The van der Waals surface area contributed by atoms with Gasteiger partial charge in [0.25, 0.3) is 0 Å². The Morgan fingerprint density at radius 1 is 1.33 bits per heavy atom. The van der Waals surface area contributed by atoms with Gasteiger partial charge in [-0.3, -0.25) is 0 Å². The summed E-state index contributed by atoms with van der Waals surface area (Å²) in [6, 6.07) is 0. The average Bonchev–Trinajstić information content (AvgIpc) is 2.82. The smallest absolute Gasteiger partial charge is 0.376 e. The molecule has 1 fully saturated rings. The van der Waals surface area contributed by atoms with Crippen LogP contribution in [0.1, 0.15) is 88.4 Å². The van der Waals surface area contributed by atoms with Crippen LogP contribution in [0.3, 0.4) is 0 Å². The Hall–Kier alpha value is -1.32. The number of esters is 1. The molecule has 0 amide bonds. The van der Waals surface area contributed by atoms with E-state index in [1.165, 1.54) is 26.4 Å². The van der Waals surface area contributed by atoms with E-state index in [1.807, 2.05) is 20.8 Å². The first kappa shape index (κ1) is 16.1. The maximum atomic E-state index is 12.0. The van der Waals surface area contributed by atoms with Crippen molar-refractivity contribution in [2.75, 3.05) is 7.11 Å². The van der Waals surface area contributed by atoms with E-state index in [0.717, 1.165) is 6.42 Å². The third-order valence-corrected chi connectivity index (χ3v) is 4.53. The first-order valence-electron chi connectivity index (χ1n) is 7.76. The van der Waals surface area contributed by atoms with Crippen molar-refractivity contribution in [3.05, 3.63) is 17.3 Å². The molecular weight excluding hydrogens is 266 g/mol. The van der Waals surface area contributed by atoms with Crippen LogP contribution in [0.25, 0.3) is 0 Å². The summed E-state index contributed by atoms with van der Waals surface area (Å²) in [6.45, 7) is 10.6. The molecule has 4 nitrogen and oxygen atoms in total. The number of rotatable bonds is 2. The van der Waals surface area contributed by atoms with Crippen LogP contribution >= 0.6 is 0 Å². The summed E-state index contributed by atoms with van der Waals surface area (Å²) in [4.78, 5) is 16.7. The molecular formula is C17H27NO3. The number of nitrogens with zero attached hydrogens (tertiary/aromatic N) is 1. The maximum absolute atomic E-state index is 12.0. The van der Waals surface area contributed by atoms with Gasteiger partial charge >= 0.3 is 5.97 Å². The van der Waals surface area contributed by atoms with Gasteiger partial charge in [0.1, 0.15) is 0 Å². The predicted octanol–water partition coefficient (Wildman–Crippen LogP) is 4.44. The van der Waals surface area contributed by atoms with Crippen molar-refractivity contribution in [3.63, 3.8) is 0 Å². The summed E-state index contributed by atoms with van der Waals surface area (Å²) in [5.74, 6) is 0.796. The van der Waals surface area contributed by atoms with Crippen LogP contribution in [0.15, 0.2) is 4.42 Å². The fourth-order valence-corrected chi connectivity index (χ4v) is 3.18. The fourth-order valence-electron chi connectivity index (χ4n) is 3.18. The molecule has 0 radical (unpaired) electrons. The minimum atomic E-state index is -0.438. The highest BCUT2D eigenvalue weighted by Gasteiger charge is 2.39. The third-order valence-electron chi connectivity index (χ3n) is 4.53. The van der Waals surface area contributed by atoms with Crippen LogP contribution in [0, 0.1) is 5.41 Å². The lowest BCUT2D eigenvalue weighted by molar-refractivity contribution is 0.0554. The van der Waals surface area contributed by atoms with Gasteiger partial charge in [-0.1, -0.05) is 47.5 Å². The van der Waals surface area contributed by atoms with Crippen molar-refractivity contribution in [1.82, 2.24) is 4.98 Å². The Balaban J connectivity index is 2.46. The van der Waals surface area contributed by atoms with E-state index in [-0.39, 0.29) is 22.5 Å². The quantitative estimate of drug-likeness (QED) is 0.756. The van der Waals surface area contributed by atoms with Gasteiger partial charge in [0, 0.05) is 11.3 Å². The summed E-state index contributed by atoms with van der Waals surface area (Å²) >= 11 is 0. The summed E-state index contributed by atoms with van der Waals surface area (Å²) < 4.78 is 10.7. The Bertz CT molecular complexity index is 523. The number of aromatic nitrogens is 1. The van der Waals surface area contributed by atoms with E-state index in [1.54, 1.807) is 0 Å². The normalized spacial score (nSPS) is 22.1. The molecule has 2 rings (SSSR count). The zero-order valence-corrected chi connectivity index (χ0v) is 14.1. The summed E-state index contributed by atoms with van der Waals surface area (Å²) in [7, 11) is 1.38. The highest BCUT2D eigenvalue weighted by Crippen LogP contribution is 2.47. The lowest BCUT2D eigenvalue weighted by Crippen LogP contribution is -2.26. The number of carbonyl (C=O) groups excluding carboxylic acids is 1. The molecule has 0 aliphatic heterocycles. The van der Waals surface area contributed by atoms with Crippen LogP contribution in [0.4, 0.5) is 0 Å². The summed E-state index contributed by atoms with van der Waals surface area (Å²) in [5.41, 5.74) is 0.612. The Labute approximate surface area is 127 Å². The number of carbonyl (C=O) groups is 1. The second-order valence-corrected chi connectivity index (χ2v) is 7.76. The highest BCUT2D eigenvalue weighted by molar-refractivity contribution is 5.87. The van der Waals surface area contributed by atoms with Crippen LogP contribution < -0.4 is 0 Å². The molecule has 1 atom stereocenters. The molecule has 1 unspecified atom stereocenters. The van der Waals surface area contributed by atoms with Gasteiger partial charge in [0.2, 0.25) is 5.76 Å². The van der Waals surface area contributed by atoms with E-state index < -0.39 is 5.97 Å². The predicted molar refractivity (Wildman–Crippen MR) is 81.5 cm³/mol. The van der Waals surface area contributed by atoms with Crippen molar-refractivity contribution in [3.8, 4) is 0 Å². The van der Waals surface area contributed by atoms with Crippen LogP contribution in [-0.2, 0) is 10.2 Å². The molecule has 118 valence electrons. The topological polar surface area (TPSA) is 52.3 Å². The molecule has 0 aromatic carbocycles. The summed E-state index contributed by atoms with van der Waals surface area (Å²) in [6.07, 6.45) is 4.67. The molecule has 1 aliphatic carbocycles. The highest BCUT2D eigenvalue weighted by atomic mass is 16.5. The van der Waals surface area contributed by atoms with Crippen LogP contribution in [0.2, 0.25) is 0 Å². The molecule has 0 N–H and O–H groups in total. The van der Waals surface area contributed by atoms with Gasteiger partial charge < -0.3 is 9.15 Å². The van der Waals surface area contributed by atoms with E-state index in [2.05, 4.69) is 13.8 Å². The Morgan fingerprint density at radius 3 is 2.52 bits per heavy atom. The van der Waals surface area contributed by atoms with E-state index >= 15 is 0 Å². The van der Waals surface area contributed by atoms with Crippen molar-refractivity contribution in [2.24, 2.45) is 5.41 Å². The number of ether oxygens (including phenoxy) is 1. The zero-order valence-electron chi connectivity index (χ0n) is 14.1. The van der Waals surface area contributed by atoms with Gasteiger partial charge in [-0.2, -0.15) is 0 Å². The lowest BCUT2D eigenvalue weighted by Gasteiger charge is -2.36. The molecule has 4 heteroatoms. The van der Waals surface area contributed by atoms with Gasteiger partial charge in [-0.05, 0) is 18.3 Å². The average molecular weight is 293 g/mol. The van der Waals surface area contributed by atoms with E-state index in [0.29, 0.717) is 11.6 Å². The van der Waals surface area contributed by atoms with Crippen molar-refractivity contribution >= 4 is 5.97 Å². The van der Waals surface area contributed by atoms with E-state index in [9.17, 15) is 4.79 Å². The first-order valence-corrected chi connectivity index (χ1v) is 7.76. The SMILES string of the molecule is COC(=O)c1oc(C2CCCCC2(C)C)nc1C(C)(C)C. The number of hydrogen-bond acceptors (Lipinski definition) is 4. The third kappa shape index (κ3) is 3.14. The minimum Gasteiger partial charge on any atom is -0.463 e. The van der Waals surface area contributed by atoms with Crippen LogP contribution in [0.5, 0.6) is 0 Å². The van der Waals surface area contributed by atoms with E-state index in [4.69, 9.17) is 14.1 Å². The first-order chi connectivity index (χ1) is 9.66. The number of oxazole rings is 1. The van der Waals surface area contributed by atoms with Crippen molar-refractivity contribution < 1.29 is 13.9 Å². The molecule has 0 spiro atoms. The van der Waals surface area contributed by atoms with Crippen molar-refractivity contribution in [1.29, 1.82) is 0 Å². The van der Waals surface area contributed by atoms with Gasteiger partial charge in [-0.25, -0.2) is 9.78 Å². The largest absolute Gasteiger partial charge is 0.463 e. The molecule has 1 saturated carbocycles. The monoisotopic (exact) mass is 293 g/mol. The zero-order chi connectivity index (χ0) is 15.8. The second kappa shape index (κ2) is 5.47. The van der Waals surface area contributed by atoms with Gasteiger partial charge in [0.05, 0.1) is 12.8 Å². The number of methoxy groups -OCH3 is 1. The van der Waals surface area contributed by atoms with Crippen LogP contribution in [-0.4, -0.2) is 18.1 Å². The molecule has 0 bridgehead atoms. The standard InChI is InChI=1S/C17H27NO3/c1-16(2,3)13-12(15(19)20-6)21-14(18-13)11-9-7-8-10-17(11,4)5/h11H,7-10H2,1-6H3. The molecule has 1 heterocycles. The molecule has 1 aliphatic rings. The van der Waals surface area contributed by atoms with Gasteiger partial charge in [0.15, 0.2) is 5.89 Å². The molecule has 21 heavy (non-hydrogen) atoms. The molecule has 1 aromatic rings. The second-order valence-electron chi connectivity index (χ2n) is 7.76. The Morgan fingerprint density at radius 2 is 2.00 bits per heavy atom. The van der Waals surface area contributed by atoms with Crippen molar-refractivity contribution in [2.45, 2.75) is 71.6 Å². The summed E-state index contributed by atoms with van der Waals surface area (Å²) in [5, 5.41) is 0. The van der Waals surface area contributed by atoms with Gasteiger partial charge in [-0.15, -0.1) is 0 Å². The minimum absolute atomic E-state index is 0.158. The number of hydrogen-bond donors (Lipinski definition) is 0. The molecule has 0 saturated heterocycles.